The van der Waals surface area contributed by atoms with Gasteiger partial charge in [0.05, 0.1) is 22.3 Å². The normalized spacial score (nSPS) is 21.2. The van der Waals surface area contributed by atoms with Gasteiger partial charge in [-0.15, -0.1) is 10.2 Å². The highest BCUT2D eigenvalue weighted by atomic mass is 32.2. The molecule has 1 aromatic carbocycles. The Morgan fingerprint density at radius 2 is 1.88 bits per heavy atom. The lowest BCUT2D eigenvalue weighted by molar-refractivity contribution is 0.218. The van der Waals surface area contributed by atoms with Gasteiger partial charge in [-0.25, -0.2) is 13.4 Å². The summed E-state index contributed by atoms with van der Waals surface area (Å²) in [4.78, 5) is 8.20. The van der Waals surface area contributed by atoms with Crippen LogP contribution in [-0.2, 0) is 9.84 Å². The Bertz CT molecular complexity index is 1310. The Balaban J connectivity index is 1.74. The summed E-state index contributed by atoms with van der Waals surface area (Å²) in [6, 6.07) is 7.76. The number of hydrogen-bond acceptors (Lipinski definition) is 6. The van der Waals surface area contributed by atoms with Crippen molar-refractivity contribution in [1.29, 1.82) is 0 Å². The fourth-order valence-electron chi connectivity index (χ4n) is 5.64. The summed E-state index contributed by atoms with van der Waals surface area (Å²) in [6.45, 7) is 6.35. The molecule has 1 aromatic heterocycles. The first kappa shape index (κ1) is 23.0. The average Bonchev–Trinajstić information content (AvgIpc) is 3.44. The number of aromatic nitrogens is 3. The molecule has 3 aliphatic rings. The van der Waals surface area contributed by atoms with Crippen LogP contribution in [0.5, 0.6) is 0 Å². The van der Waals surface area contributed by atoms with Crippen molar-refractivity contribution in [2.75, 3.05) is 6.26 Å². The summed E-state index contributed by atoms with van der Waals surface area (Å²) in [5.74, 6) is 2.84. The van der Waals surface area contributed by atoms with Crippen LogP contribution in [0.4, 0.5) is 0 Å². The summed E-state index contributed by atoms with van der Waals surface area (Å²) in [5.41, 5.74) is 4.00. The molecule has 1 aliphatic carbocycles. The van der Waals surface area contributed by atoms with Crippen LogP contribution in [0.3, 0.4) is 0 Å². The number of amidine groups is 1. The van der Waals surface area contributed by atoms with E-state index in [0.717, 1.165) is 66.5 Å². The third-order valence-electron chi connectivity index (χ3n) is 7.36. The van der Waals surface area contributed by atoms with E-state index in [0.29, 0.717) is 10.9 Å². The summed E-state index contributed by atoms with van der Waals surface area (Å²) in [7, 11) is -3.31. The smallest absolute Gasteiger partial charge is 0.175 e. The molecule has 0 saturated heterocycles. The van der Waals surface area contributed by atoms with Gasteiger partial charge in [0.1, 0.15) is 5.82 Å². The van der Waals surface area contributed by atoms with Crippen molar-refractivity contribution in [1.82, 2.24) is 19.7 Å². The number of hydrogen-bond donors (Lipinski definition) is 0. The Morgan fingerprint density at radius 1 is 1.12 bits per heavy atom. The van der Waals surface area contributed by atoms with Crippen molar-refractivity contribution in [3.8, 4) is 0 Å². The van der Waals surface area contributed by atoms with Crippen molar-refractivity contribution in [3.63, 3.8) is 0 Å². The summed E-state index contributed by atoms with van der Waals surface area (Å²) in [5, 5.41) is 9.05. The fraction of sp³-hybridized carbons (Fsp3) is 0.500. The molecule has 5 rings (SSSR count). The molecule has 2 aliphatic heterocycles. The zero-order valence-corrected chi connectivity index (χ0v) is 21.3. The van der Waals surface area contributed by atoms with E-state index in [9.17, 15) is 8.42 Å². The summed E-state index contributed by atoms with van der Waals surface area (Å²) < 4.78 is 26.7. The van der Waals surface area contributed by atoms with Crippen molar-refractivity contribution in [2.45, 2.75) is 82.7 Å². The lowest BCUT2D eigenvalue weighted by Crippen LogP contribution is -2.47. The summed E-state index contributed by atoms with van der Waals surface area (Å²) in [6.07, 6.45) is 10.8. The molecule has 0 N–H and O–H groups in total. The van der Waals surface area contributed by atoms with E-state index < -0.39 is 9.84 Å². The molecule has 8 heteroatoms. The van der Waals surface area contributed by atoms with E-state index >= 15 is 0 Å². The van der Waals surface area contributed by atoms with Gasteiger partial charge in [0, 0.05) is 17.9 Å². The maximum atomic E-state index is 12.3. The zero-order valence-electron chi connectivity index (χ0n) is 20.5. The van der Waals surface area contributed by atoms with E-state index in [1.807, 2.05) is 19.1 Å². The molecular weight excluding hydrogens is 446 g/mol. The van der Waals surface area contributed by atoms with Gasteiger partial charge in [-0.1, -0.05) is 44.9 Å². The van der Waals surface area contributed by atoms with Gasteiger partial charge in [0.25, 0.3) is 0 Å². The van der Waals surface area contributed by atoms with Crippen LogP contribution in [0.2, 0.25) is 0 Å². The number of fused-ring (bicyclic) bond motifs is 3. The molecule has 0 radical (unpaired) electrons. The molecule has 34 heavy (non-hydrogen) atoms. The molecule has 0 spiro atoms. The third-order valence-corrected chi connectivity index (χ3v) is 8.47. The van der Waals surface area contributed by atoms with Crippen LogP contribution in [0.25, 0.3) is 11.4 Å². The van der Waals surface area contributed by atoms with E-state index in [2.05, 4.69) is 39.6 Å². The standard InChI is InChI=1S/C26H33N5O2S/c1-5-18-14-15-23-25(27-24(18)19-10-9-13-21(16-19)34(4,32)33)31(20-11-7-8-12-20)22(6-2)26-29-28-17(3)30(23)26/h9-10,13,15-16,20,22H,5-8,11-12,14H2,1-4H3. The highest BCUT2D eigenvalue weighted by Gasteiger charge is 2.41. The first-order valence-electron chi connectivity index (χ1n) is 12.4. The SMILES string of the molecule is CCC1=C(c2cccc(S(C)(=O)=O)c2)N=C2C(=CC1)n1c(C)nnc1C(CC)N2C1CCCC1. The number of sulfone groups is 1. The van der Waals surface area contributed by atoms with Crippen LogP contribution >= 0.6 is 0 Å². The molecule has 180 valence electrons. The van der Waals surface area contributed by atoms with Gasteiger partial charge in [0.15, 0.2) is 21.5 Å². The van der Waals surface area contributed by atoms with Crippen LogP contribution in [0, 0.1) is 6.92 Å². The highest BCUT2D eigenvalue weighted by Crippen LogP contribution is 2.42. The first-order valence-corrected chi connectivity index (χ1v) is 14.2. The van der Waals surface area contributed by atoms with Crippen LogP contribution in [-0.4, -0.2) is 46.2 Å². The number of allylic oxidation sites excluding steroid dienone is 2. The van der Waals surface area contributed by atoms with Crippen LogP contribution < -0.4 is 0 Å². The van der Waals surface area contributed by atoms with Gasteiger partial charge in [0.2, 0.25) is 0 Å². The second kappa shape index (κ2) is 8.80. The zero-order chi connectivity index (χ0) is 24.0. The Morgan fingerprint density at radius 3 is 2.56 bits per heavy atom. The monoisotopic (exact) mass is 479 g/mol. The maximum absolute atomic E-state index is 12.3. The van der Waals surface area contributed by atoms with Gasteiger partial charge in [-0.05, 0) is 56.7 Å². The average molecular weight is 480 g/mol. The van der Waals surface area contributed by atoms with Crippen molar-refractivity contribution < 1.29 is 8.42 Å². The lowest BCUT2D eigenvalue weighted by atomic mass is 10.0. The van der Waals surface area contributed by atoms with E-state index in [4.69, 9.17) is 4.99 Å². The van der Waals surface area contributed by atoms with Crippen LogP contribution in [0.15, 0.2) is 45.8 Å². The van der Waals surface area contributed by atoms with Crippen molar-refractivity contribution in [2.24, 2.45) is 4.99 Å². The van der Waals surface area contributed by atoms with Crippen molar-refractivity contribution >= 4 is 27.1 Å². The van der Waals surface area contributed by atoms with E-state index in [-0.39, 0.29) is 6.04 Å². The minimum atomic E-state index is -3.31. The topological polar surface area (TPSA) is 80.4 Å². The van der Waals surface area contributed by atoms with Gasteiger partial charge < -0.3 is 4.90 Å². The quantitative estimate of drug-likeness (QED) is 0.591. The second-order valence-electron chi connectivity index (χ2n) is 9.55. The molecule has 7 nitrogen and oxygen atoms in total. The Labute approximate surface area is 202 Å². The Hall–Kier alpha value is -2.74. The molecule has 1 saturated carbocycles. The minimum Gasteiger partial charge on any atom is -0.342 e. The first-order chi connectivity index (χ1) is 16.3. The number of aryl methyl sites for hydroxylation is 1. The third kappa shape index (κ3) is 3.82. The number of nitrogens with zero attached hydrogens (tertiary/aromatic N) is 5. The second-order valence-corrected chi connectivity index (χ2v) is 11.6. The molecule has 0 bridgehead atoms. The van der Waals surface area contributed by atoms with Gasteiger partial charge in [-0.2, -0.15) is 0 Å². The van der Waals surface area contributed by atoms with E-state index in [1.54, 1.807) is 12.1 Å². The molecule has 1 fully saturated rings. The largest absolute Gasteiger partial charge is 0.342 e. The fourth-order valence-corrected chi connectivity index (χ4v) is 6.31. The lowest BCUT2D eigenvalue weighted by Gasteiger charge is -2.42. The van der Waals surface area contributed by atoms with Gasteiger partial charge >= 0.3 is 0 Å². The van der Waals surface area contributed by atoms with Gasteiger partial charge in [-0.3, -0.25) is 4.57 Å². The molecule has 1 unspecified atom stereocenters. The molecule has 3 heterocycles. The summed E-state index contributed by atoms with van der Waals surface area (Å²) >= 11 is 0. The number of rotatable bonds is 5. The maximum Gasteiger partial charge on any atom is 0.175 e. The predicted molar refractivity (Wildman–Crippen MR) is 135 cm³/mol. The molecular formula is C26H33N5O2S. The number of benzene rings is 1. The highest BCUT2D eigenvalue weighted by molar-refractivity contribution is 7.90. The Kier molecular flexibility index (Phi) is 5.96. The minimum absolute atomic E-state index is 0.118. The molecule has 0 amide bonds. The van der Waals surface area contributed by atoms with Crippen molar-refractivity contribution in [3.05, 3.63) is 53.1 Å². The number of aliphatic imine (C=N–C) groups is 1. The predicted octanol–water partition coefficient (Wildman–Crippen LogP) is 5.16. The van der Waals surface area contributed by atoms with E-state index in [1.165, 1.54) is 24.7 Å². The van der Waals surface area contributed by atoms with Crippen LogP contribution in [0.1, 0.15) is 82.0 Å². The molecule has 2 aromatic rings. The molecule has 1 atom stereocenters.